The van der Waals surface area contributed by atoms with Gasteiger partial charge in [0.25, 0.3) is 10.0 Å². The highest BCUT2D eigenvalue weighted by Crippen LogP contribution is 2.16. The minimum Gasteiger partial charge on any atom is -0.378 e. The van der Waals surface area contributed by atoms with Crippen LogP contribution in [0.3, 0.4) is 0 Å². The number of thiophene rings is 1. The van der Waals surface area contributed by atoms with E-state index in [1.165, 1.54) is 6.07 Å². The SMILES string of the molecule is C[C@H](NS(=O)(=O)c1cccs1)C(=O)N1CCOCC1. The van der Waals surface area contributed by atoms with Gasteiger partial charge >= 0.3 is 0 Å². The topological polar surface area (TPSA) is 75.7 Å². The molecule has 1 atom stereocenters. The predicted molar refractivity (Wildman–Crippen MR) is 71.5 cm³/mol. The van der Waals surface area contributed by atoms with Crippen molar-refractivity contribution in [2.24, 2.45) is 0 Å². The van der Waals surface area contributed by atoms with Gasteiger partial charge in [0.2, 0.25) is 5.91 Å². The first kappa shape index (κ1) is 14.4. The standard InChI is InChI=1S/C11H16N2O4S2/c1-9(11(14)13-4-6-17-7-5-13)12-19(15,16)10-3-2-8-18-10/h2-3,8-9,12H,4-7H2,1H3/t9-/m0/s1. The Morgan fingerprint density at radius 2 is 2.16 bits per heavy atom. The summed E-state index contributed by atoms with van der Waals surface area (Å²) in [4.78, 5) is 13.7. The third kappa shape index (κ3) is 3.53. The van der Waals surface area contributed by atoms with Gasteiger partial charge in [-0.25, -0.2) is 8.42 Å². The Labute approximate surface area is 116 Å². The van der Waals surface area contributed by atoms with Crippen LogP contribution in [0.15, 0.2) is 21.7 Å². The maximum absolute atomic E-state index is 12.1. The number of amides is 1. The average molecular weight is 304 g/mol. The van der Waals surface area contributed by atoms with Crippen molar-refractivity contribution in [3.05, 3.63) is 17.5 Å². The quantitative estimate of drug-likeness (QED) is 0.866. The fourth-order valence-corrected chi connectivity index (χ4v) is 4.02. The number of hydrogen-bond acceptors (Lipinski definition) is 5. The lowest BCUT2D eigenvalue weighted by Crippen LogP contribution is -2.50. The van der Waals surface area contributed by atoms with E-state index in [4.69, 9.17) is 4.74 Å². The van der Waals surface area contributed by atoms with Crippen molar-refractivity contribution in [2.75, 3.05) is 26.3 Å². The van der Waals surface area contributed by atoms with E-state index in [1.54, 1.807) is 23.3 Å². The maximum Gasteiger partial charge on any atom is 0.250 e. The molecular formula is C11H16N2O4S2. The summed E-state index contributed by atoms with van der Waals surface area (Å²) in [5.74, 6) is -0.219. The average Bonchev–Trinajstić information content (AvgIpc) is 2.93. The fraction of sp³-hybridized carbons (Fsp3) is 0.545. The number of nitrogens with one attached hydrogen (secondary N) is 1. The number of nitrogens with zero attached hydrogens (tertiary/aromatic N) is 1. The number of rotatable bonds is 4. The highest BCUT2D eigenvalue weighted by Gasteiger charge is 2.27. The number of carbonyl (C=O) groups excluding carboxylic acids is 1. The van der Waals surface area contributed by atoms with Crippen LogP contribution in [0.4, 0.5) is 0 Å². The van der Waals surface area contributed by atoms with Crippen LogP contribution in [0, 0.1) is 0 Å². The number of morpholine rings is 1. The summed E-state index contributed by atoms with van der Waals surface area (Å²) >= 11 is 1.12. The molecule has 0 aromatic carbocycles. The van der Waals surface area contributed by atoms with Gasteiger partial charge in [-0.2, -0.15) is 4.72 Å². The molecule has 0 bridgehead atoms. The van der Waals surface area contributed by atoms with Gasteiger partial charge in [0, 0.05) is 13.1 Å². The van der Waals surface area contributed by atoms with Crippen molar-refractivity contribution in [1.29, 1.82) is 0 Å². The van der Waals surface area contributed by atoms with Crippen LogP contribution in [0.2, 0.25) is 0 Å². The van der Waals surface area contributed by atoms with Crippen molar-refractivity contribution in [1.82, 2.24) is 9.62 Å². The van der Waals surface area contributed by atoms with E-state index in [9.17, 15) is 13.2 Å². The molecule has 106 valence electrons. The smallest absolute Gasteiger partial charge is 0.250 e. The van der Waals surface area contributed by atoms with Crippen molar-refractivity contribution in [3.63, 3.8) is 0 Å². The van der Waals surface area contributed by atoms with Crippen LogP contribution in [-0.4, -0.2) is 51.6 Å². The Kier molecular flexibility index (Phi) is 4.56. The van der Waals surface area contributed by atoms with Crippen molar-refractivity contribution in [2.45, 2.75) is 17.2 Å². The summed E-state index contributed by atoms with van der Waals surface area (Å²) in [5.41, 5.74) is 0. The van der Waals surface area contributed by atoms with Crippen molar-refractivity contribution in [3.8, 4) is 0 Å². The number of hydrogen-bond donors (Lipinski definition) is 1. The van der Waals surface area contributed by atoms with Gasteiger partial charge in [-0.3, -0.25) is 4.79 Å². The van der Waals surface area contributed by atoms with E-state index in [0.717, 1.165) is 11.3 Å². The Hall–Kier alpha value is -0.960. The van der Waals surface area contributed by atoms with Crippen LogP contribution in [0.5, 0.6) is 0 Å². The summed E-state index contributed by atoms with van der Waals surface area (Å²) in [5, 5.41) is 1.68. The molecule has 1 saturated heterocycles. The van der Waals surface area contributed by atoms with Gasteiger partial charge in [0.1, 0.15) is 4.21 Å². The predicted octanol–water partition coefficient (Wildman–Crippen LogP) is 0.274. The molecule has 0 spiro atoms. The molecule has 2 heterocycles. The summed E-state index contributed by atoms with van der Waals surface area (Å²) < 4.78 is 31.8. The highest BCUT2D eigenvalue weighted by atomic mass is 32.2. The highest BCUT2D eigenvalue weighted by molar-refractivity contribution is 7.91. The molecule has 1 aromatic heterocycles. The number of ether oxygens (including phenoxy) is 1. The molecule has 1 amide bonds. The lowest BCUT2D eigenvalue weighted by Gasteiger charge is -2.29. The Balaban J connectivity index is 2.00. The van der Waals surface area contributed by atoms with E-state index in [1.807, 2.05) is 0 Å². The van der Waals surface area contributed by atoms with Gasteiger partial charge in [-0.15, -0.1) is 11.3 Å². The fourth-order valence-electron chi connectivity index (χ4n) is 1.82. The zero-order valence-electron chi connectivity index (χ0n) is 10.5. The third-order valence-electron chi connectivity index (χ3n) is 2.79. The van der Waals surface area contributed by atoms with Crippen LogP contribution in [0.1, 0.15) is 6.92 Å². The molecule has 0 unspecified atom stereocenters. The molecule has 6 nitrogen and oxygen atoms in total. The molecule has 19 heavy (non-hydrogen) atoms. The lowest BCUT2D eigenvalue weighted by atomic mass is 10.3. The van der Waals surface area contributed by atoms with E-state index >= 15 is 0 Å². The second-order valence-electron chi connectivity index (χ2n) is 4.21. The second kappa shape index (κ2) is 6.00. The van der Waals surface area contributed by atoms with E-state index in [-0.39, 0.29) is 10.1 Å². The van der Waals surface area contributed by atoms with Crippen molar-refractivity contribution < 1.29 is 17.9 Å². The summed E-state index contributed by atoms with van der Waals surface area (Å²) in [6.45, 7) is 3.56. The van der Waals surface area contributed by atoms with Gasteiger partial charge in [0.15, 0.2) is 0 Å². The molecule has 1 fully saturated rings. The second-order valence-corrected chi connectivity index (χ2v) is 7.10. The molecule has 1 aliphatic heterocycles. The van der Waals surface area contributed by atoms with Gasteiger partial charge < -0.3 is 9.64 Å². The first-order valence-corrected chi connectivity index (χ1v) is 8.29. The first-order valence-electron chi connectivity index (χ1n) is 5.93. The summed E-state index contributed by atoms with van der Waals surface area (Å²) in [6, 6.07) is 2.40. The number of sulfonamides is 1. The molecule has 0 aliphatic carbocycles. The van der Waals surface area contributed by atoms with Crippen LogP contribution >= 0.6 is 11.3 Å². The third-order valence-corrected chi connectivity index (χ3v) is 5.72. The monoisotopic (exact) mass is 304 g/mol. The lowest BCUT2D eigenvalue weighted by molar-refractivity contribution is -0.136. The normalized spacial score (nSPS) is 18.3. The van der Waals surface area contributed by atoms with E-state index in [2.05, 4.69) is 4.72 Å². The molecular weight excluding hydrogens is 288 g/mol. The van der Waals surface area contributed by atoms with Crippen LogP contribution in [0.25, 0.3) is 0 Å². The van der Waals surface area contributed by atoms with Crippen LogP contribution < -0.4 is 4.72 Å². The Morgan fingerprint density at radius 1 is 1.47 bits per heavy atom. The van der Waals surface area contributed by atoms with E-state index < -0.39 is 16.1 Å². The first-order chi connectivity index (χ1) is 9.00. The van der Waals surface area contributed by atoms with E-state index in [0.29, 0.717) is 26.3 Å². The van der Waals surface area contributed by atoms with Crippen LogP contribution in [-0.2, 0) is 19.6 Å². The molecule has 2 rings (SSSR count). The zero-order chi connectivity index (χ0) is 13.9. The zero-order valence-corrected chi connectivity index (χ0v) is 12.2. The van der Waals surface area contributed by atoms with Gasteiger partial charge in [0.05, 0.1) is 19.3 Å². The summed E-state index contributed by atoms with van der Waals surface area (Å²) in [6.07, 6.45) is 0. The Morgan fingerprint density at radius 3 is 2.74 bits per heavy atom. The number of carbonyl (C=O) groups is 1. The van der Waals surface area contributed by atoms with Gasteiger partial charge in [-0.05, 0) is 18.4 Å². The molecule has 0 saturated carbocycles. The molecule has 1 aliphatic rings. The Bertz CT molecular complexity index is 521. The molecule has 1 N–H and O–H groups in total. The van der Waals surface area contributed by atoms with Crippen molar-refractivity contribution >= 4 is 27.3 Å². The summed E-state index contributed by atoms with van der Waals surface area (Å²) in [7, 11) is -3.61. The maximum atomic E-state index is 12.1. The minimum atomic E-state index is -3.61. The molecule has 1 aromatic rings. The minimum absolute atomic E-state index is 0.217. The largest absolute Gasteiger partial charge is 0.378 e. The van der Waals surface area contributed by atoms with Gasteiger partial charge in [-0.1, -0.05) is 6.07 Å². The molecule has 8 heteroatoms. The molecule has 0 radical (unpaired) electrons.